The number of hydrogen-bond donors (Lipinski definition) is 2. The van der Waals surface area contributed by atoms with Crippen LogP contribution in [0.5, 0.6) is 5.75 Å². The van der Waals surface area contributed by atoms with Gasteiger partial charge in [0.1, 0.15) is 18.5 Å². The van der Waals surface area contributed by atoms with Crippen LogP contribution in [0.2, 0.25) is 0 Å². The molecule has 1 aromatic carbocycles. The highest BCUT2D eigenvalue weighted by Gasteiger charge is 2.17. The lowest BCUT2D eigenvalue weighted by Crippen LogP contribution is -2.45. The van der Waals surface area contributed by atoms with Gasteiger partial charge in [-0.2, -0.15) is 0 Å². The first-order valence-electron chi connectivity index (χ1n) is 9.84. The topological polar surface area (TPSA) is 76.4 Å². The van der Waals surface area contributed by atoms with Gasteiger partial charge in [-0.25, -0.2) is 9.38 Å². The van der Waals surface area contributed by atoms with Gasteiger partial charge in [0.05, 0.1) is 6.54 Å². The Bertz CT molecular complexity index is 800. The predicted octanol–water partition coefficient (Wildman–Crippen LogP) is 2.71. The van der Waals surface area contributed by atoms with Gasteiger partial charge in [0.2, 0.25) is 0 Å². The van der Waals surface area contributed by atoms with E-state index in [2.05, 4.69) is 25.8 Å². The molecular formula is C20H29FN6O. The van der Waals surface area contributed by atoms with Gasteiger partial charge in [0.25, 0.3) is 0 Å². The molecule has 0 spiro atoms. The standard InChI is InChI=1S/C20H29FN6O/c1-14(28-18-11-7-6-10-17(18)21)12-22-20(24-16-8-4-5-9-16)23-13-19-26-25-15(2)27(19)3/h6-7,10-11,14,16H,4-5,8-9,12-13H2,1-3H3,(H2,22,23,24). The highest BCUT2D eigenvalue weighted by molar-refractivity contribution is 5.80. The Kier molecular flexibility index (Phi) is 6.84. The number of aryl methyl sites for hydroxylation is 1. The SMILES string of the molecule is Cc1nnc(CN=C(NCC(C)Oc2ccccc2F)NC2CCCC2)n1C. The lowest BCUT2D eigenvalue weighted by molar-refractivity contribution is 0.214. The highest BCUT2D eigenvalue weighted by Crippen LogP contribution is 2.18. The molecule has 0 saturated heterocycles. The first kappa shape index (κ1) is 20.1. The summed E-state index contributed by atoms with van der Waals surface area (Å²) in [5, 5.41) is 15.0. The summed E-state index contributed by atoms with van der Waals surface area (Å²) in [5.41, 5.74) is 0. The fourth-order valence-electron chi connectivity index (χ4n) is 3.19. The minimum atomic E-state index is -0.357. The predicted molar refractivity (Wildman–Crippen MR) is 107 cm³/mol. The van der Waals surface area contributed by atoms with E-state index in [1.807, 2.05) is 25.5 Å². The van der Waals surface area contributed by atoms with E-state index in [1.165, 1.54) is 18.9 Å². The maximum atomic E-state index is 13.8. The van der Waals surface area contributed by atoms with Crippen LogP contribution in [0.1, 0.15) is 44.3 Å². The number of benzene rings is 1. The van der Waals surface area contributed by atoms with Gasteiger partial charge in [-0.3, -0.25) is 0 Å². The van der Waals surface area contributed by atoms with Crippen molar-refractivity contribution in [2.45, 2.75) is 58.2 Å². The molecule has 0 radical (unpaired) electrons. The van der Waals surface area contributed by atoms with Crippen molar-refractivity contribution < 1.29 is 9.13 Å². The molecule has 1 fully saturated rings. The molecule has 0 aliphatic heterocycles. The number of guanidine groups is 1. The van der Waals surface area contributed by atoms with E-state index in [0.29, 0.717) is 19.1 Å². The van der Waals surface area contributed by atoms with Crippen LogP contribution in [0.25, 0.3) is 0 Å². The second-order valence-corrected chi connectivity index (χ2v) is 7.25. The van der Waals surface area contributed by atoms with Crippen molar-refractivity contribution in [3.05, 3.63) is 41.7 Å². The molecule has 0 amide bonds. The van der Waals surface area contributed by atoms with Gasteiger partial charge in [-0.15, -0.1) is 10.2 Å². The monoisotopic (exact) mass is 388 g/mol. The zero-order valence-corrected chi connectivity index (χ0v) is 16.8. The second kappa shape index (κ2) is 9.52. The zero-order valence-electron chi connectivity index (χ0n) is 16.8. The van der Waals surface area contributed by atoms with Crippen LogP contribution in [0.3, 0.4) is 0 Å². The highest BCUT2D eigenvalue weighted by atomic mass is 19.1. The summed E-state index contributed by atoms with van der Waals surface area (Å²) in [6.07, 6.45) is 4.54. The minimum Gasteiger partial charge on any atom is -0.486 e. The van der Waals surface area contributed by atoms with Gasteiger partial charge in [0.15, 0.2) is 23.4 Å². The van der Waals surface area contributed by atoms with Crippen LogP contribution < -0.4 is 15.4 Å². The molecule has 1 aromatic heterocycles. The summed E-state index contributed by atoms with van der Waals surface area (Å²) in [5.74, 6) is 2.28. The molecule has 2 N–H and O–H groups in total. The summed E-state index contributed by atoms with van der Waals surface area (Å²) in [6.45, 7) is 4.75. The molecule has 7 nitrogen and oxygen atoms in total. The molecule has 1 heterocycles. The number of nitrogens with zero attached hydrogens (tertiary/aromatic N) is 4. The number of para-hydroxylation sites is 1. The van der Waals surface area contributed by atoms with Crippen molar-refractivity contribution in [3.8, 4) is 5.75 Å². The molecule has 152 valence electrons. The summed E-state index contributed by atoms with van der Waals surface area (Å²) in [6, 6.07) is 6.86. The smallest absolute Gasteiger partial charge is 0.192 e. The summed E-state index contributed by atoms with van der Waals surface area (Å²) >= 11 is 0. The lowest BCUT2D eigenvalue weighted by Gasteiger charge is -2.20. The Balaban J connectivity index is 1.60. The fraction of sp³-hybridized carbons (Fsp3) is 0.550. The number of ether oxygens (including phenoxy) is 1. The normalized spacial score (nSPS) is 16.2. The largest absolute Gasteiger partial charge is 0.486 e. The van der Waals surface area contributed by atoms with Crippen molar-refractivity contribution in [1.29, 1.82) is 0 Å². The van der Waals surface area contributed by atoms with E-state index in [9.17, 15) is 4.39 Å². The first-order chi connectivity index (χ1) is 13.5. The van der Waals surface area contributed by atoms with E-state index in [0.717, 1.165) is 30.5 Å². The third kappa shape index (κ3) is 5.43. The molecule has 2 aromatic rings. The quantitative estimate of drug-likeness (QED) is 0.563. The molecule has 1 atom stereocenters. The van der Waals surface area contributed by atoms with Crippen molar-refractivity contribution in [2.75, 3.05) is 6.54 Å². The van der Waals surface area contributed by atoms with Gasteiger partial charge in [-0.05, 0) is 38.8 Å². The number of aliphatic imine (C=N–C) groups is 1. The Hall–Kier alpha value is -2.64. The van der Waals surface area contributed by atoms with E-state index < -0.39 is 0 Å². The van der Waals surface area contributed by atoms with Crippen LogP contribution in [0.15, 0.2) is 29.3 Å². The van der Waals surface area contributed by atoms with Crippen LogP contribution >= 0.6 is 0 Å². The van der Waals surface area contributed by atoms with Crippen molar-refractivity contribution in [3.63, 3.8) is 0 Å². The van der Waals surface area contributed by atoms with Crippen molar-refractivity contribution in [2.24, 2.45) is 12.0 Å². The number of rotatable bonds is 7. The van der Waals surface area contributed by atoms with Gasteiger partial charge in [0, 0.05) is 13.1 Å². The van der Waals surface area contributed by atoms with Crippen molar-refractivity contribution >= 4 is 5.96 Å². The Morgan fingerprint density at radius 1 is 1.32 bits per heavy atom. The van der Waals surface area contributed by atoms with E-state index >= 15 is 0 Å². The van der Waals surface area contributed by atoms with Gasteiger partial charge in [-0.1, -0.05) is 25.0 Å². The molecule has 1 saturated carbocycles. The Morgan fingerprint density at radius 2 is 2.07 bits per heavy atom. The lowest BCUT2D eigenvalue weighted by atomic mass is 10.2. The molecule has 1 aliphatic rings. The Labute approximate surface area is 165 Å². The number of aromatic nitrogens is 3. The first-order valence-corrected chi connectivity index (χ1v) is 9.84. The summed E-state index contributed by atoms with van der Waals surface area (Å²) < 4.78 is 21.4. The van der Waals surface area contributed by atoms with Crippen LogP contribution in [-0.4, -0.2) is 39.4 Å². The fourth-order valence-corrected chi connectivity index (χ4v) is 3.19. The molecule has 8 heteroatoms. The zero-order chi connectivity index (χ0) is 19.9. The third-order valence-corrected chi connectivity index (χ3v) is 4.98. The average Bonchev–Trinajstić information content (AvgIpc) is 3.30. The minimum absolute atomic E-state index is 0.218. The third-order valence-electron chi connectivity index (χ3n) is 4.98. The average molecular weight is 388 g/mol. The Morgan fingerprint density at radius 3 is 2.75 bits per heavy atom. The maximum absolute atomic E-state index is 13.8. The van der Waals surface area contributed by atoms with Crippen LogP contribution in [0.4, 0.5) is 4.39 Å². The number of hydrogen-bond acceptors (Lipinski definition) is 4. The molecule has 0 bridgehead atoms. The van der Waals surface area contributed by atoms with Gasteiger partial charge >= 0.3 is 0 Å². The van der Waals surface area contributed by atoms with E-state index in [1.54, 1.807) is 18.2 Å². The number of nitrogens with one attached hydrogen (secondary N) is 2. The van der Waals surface area contributed by atoms with Crippen molar-refractivity contribution in [1.82, 2.24) is 25.4 Å². The molecule has 1 aliphatic carbocycles. The number of halogens is 1. The maximum Gasteiger partial charge on any atom is 0.192 e. The molecule has 28 heavy (non-hydrogen) atoms. The van der Waals surface area contributed by atoms with Crippen LogP contribution in [0, 0.1) is 12.7 Å². The van der Waals surface area contributed by atoms with E-state index in [-0.39, 0.29) is 17.7 Å². The summed E-state index contributed by atoms with van der Waals surface area (Å²) in [7, 11) is 1.93. The molecular weight excluding hydrogens is 359 g/mol. The van der Waals surface area contributed by atoms with E-state index in [4.69, 9.17) is 4.74 Å². The summed E-state index contributed by atoms with van der Waals surface area (Å²) in [4.78, 5) is 4.67. The van der Waals surface area contributed by atoms with Gasteiger partial charge < -0.3 is 19.9 Å². The van der Waals surface area contributed by atoms with Crippen LogP contribution in [-0.2, 0) is 13.6 Å². The molecule has 3 rings (SSSR count). The molecule has 1 unspecified atom stereocenters. The second-order valence-electron chi connectivity index (χ2n) is 7.25.